The molecule has 6 heteroatoms. The molecule has 0 bridgehead atoms. The zero-order valence-corrected chi connectivity index (χ0v) is 31.6. The average molecular weight is 641 g/mol. The smallest absolute Gasteiger partial charge is 0.229 e. The van der Waals surface area contributed by atoms with Crippen LogP contribution in [0.25, 0.3) is 11.3 Å². The van der Waals surface area contributed by atoms with Crippen molar-refractivity contribution in [3.63, 3.8) is 0 Å². The van der Waals surface area contributed by atoms with E-state index < -0.39 is 0 Å². The van der Waals surface area contributed by atoms with Crippen LogP contribution in [0.4, 0.5) is 0 Å². The van der Waals surface area contributed by atoms with Gasteiger partial charge >= 0.3 is 0 Å². The lowest BCUT2D eigenvalue weighted by Gasteiger charge is -2.46. The van der Waals surface area contributed by atoms with Gasteiger partial charge in [0.1, 0.15) is 6.29 Å². The first kappa shape index (κ1) is 35.8. The van der Waals surface area contributed by atoms with Gasteiger partial charge in [-0.1, -0.05) is 84.0 Å². The molecule has 0 fully saturated rings. The quantitative estimate of drug-likeness (QED) is 0.122. The molecule has 4 nitrogen and oxygen atoms in total. The van der Waals surface area contributed by atoms with Gasteiger partial charge in [0.05, 0.1) is 5.69 Å². The van der Waals surface area contributed by atoms with E-state index in [0.29, 0.717) is 25.6 Å². The van der Waals surface area contributed by atoms with Crippen molar-refractivity contribution in [2.75, 3.05) is 7.05 Å². The van der Waals surface area contributed by atoms with Gasteiger partial charge in [0.25, 0.3) is 0 Å². The molecule has 1 aliphatic rings. The highest BCUT2D eigenvalue weighted by Crippen LogP contribution is 2.46. The van der Waals surface area contributed by atoms with Crippen LogP contribution in [0.3, 0.4) is 0 Å². The molecule has 1 unspecified atom stereocenters. The Kier molecular flexibility index (Phi) is 12.4. The van der Waals surface area contributed by atoms with Crippen molar-refractivity contribution in [3.8, 4) is 11.3 Å². The second-order valence-electron chi connectivity index (χ2n) is 14.0. The molecule has 1 aromatic heterocycles. The van der Waals surface area contributed by atoms with E-state index in [4.69, 9.17) is 13.8 Å². The molecular formula is C39H56N2O2Si2. The summed E-state index contributed by atoms with van der Waals surface area (Å²) in [5.74, 6) is 0. The highest BCUT2D eigenvalue weighted by molar-refractivity contribution is 6.26. The van der Waals surface area contributed by atoms with Gasteiger partial charge in [-0.25, -0.2) is 0 Å². The van der Waals surface area contributed by atoms with Gasteiger partial charge in [-0.15, -0.1) is 0 Å². The number of pyridine rings is 1. The van der Waals surface area contributed by atoms with E-state index in [9.17, 15) is 0 Å². The Morgan fingerprint density at radius 1 is 0.933 bits per heavy atom. The Bertz CT molecular complexity index is 1390. The lowest BCUT2D eigenvalue weighted by molar-refractivity contribution is -0.132. The monoisotopic (exact) mass is 640 g/mol. The van der Waals surface area contributed by atoms with Crippen LogP contribution in [0.1, 0.15) is 106 Å². The standard InChI is InChI=1S/C39H56N2O2Si2/c1-11-28-18-15-19-29(12-2)36(28)34-25-31(23-24-38(4,5)39(6,7)37(42-44-9)43-45-10)33(27(3)40-34)26-41(8)35-22-16-20-30-17-13-14-21-32(30)35/h13-15,17-19,21,25,35,37H,11-12,16,20,22-24,26H2,1-10H3. The maximum atomic E-state index is 6.20. The molecule has 242 valence electrons. The van der Waals surface area contributed by atoms with Crippen LogP contribution in [0, 0.1) is 17.8 Å². The molecule has 0 amide bonds. The molecule has 0 aliphatic heterocycles. The summed E-state index contributed by atoms with van der Waals surface area (Å²) in [5, 5.41) is 0. The summed E-state index contributed by atoms with van der Waals surface area (Å²) in [5.41, 5.74) is 12.1. The maximum absolute atomic E-state index is 6.20. The summed E-state index contributed by atoms with van der Waals surface area (Å²) in [6, 6.07) is 18.7. The van der Waals surface area contributed by atoms with Crippen LogP contribution in [0.5, 0.6) is 0 Å². The largest absolute Gasteiger partial charge is 0.394 e. The number of benzene rings is 2. The van der Waals surface area contributed by atoms with E-state index >= 15 is 0 Å². The van der Waals surface area contributed by atoms with E-state index in [0.717, 1.165) is 43.6 Å². The van der Waals surface area contributed by atoms with E-state index in [1.165, 1.54) is 58.2 Å². The van der Waals surface area contributed by atoms with Crippen LogP contribution in [-0.2, 0) is 41.1 Å². The van der Waals surface area contributed by atoms with E-state index in [1.807, 2.05) is 0 Å². The van der Waals surface area contributed by atoms with E-state index in [2.05, 4.69) is 122 Å². The number of rotatable bonds is 15. The van der Waals surface area contributed by atoms with E-state index in [1.54, 1.807) is 0 Å². The molecule has 0 saturated heterocycles. The minimum atomic E-state index is -0.213. The highest BCUT2D eigenvalue weighted by Gasteiger charge is 2.44. The molecule has 4 rings (SSSR count). The highest BCUT2D eigenvalue weighted by atomic mass is 28.2. The van der Waals surface area contributed by atoms with Gasteiger partial charge < -0.3 is 8.85 Å². The Hall–Kier alpha value is -2.10. The van der Waals surface area contributed by atoms with Crippen molar-refractivity contribution < 1.29 is 8.85 Å². The molecule has 0 spiro atoms. The van der Waals surface area contributed by atoms with Gasteiger partial charge in [-0.2, -0.15) is 0 Å². The number of nitrogens with zero attached hydrogens (tertiary/aromatic N) is 2. The summed E-state index contributed by atoms with van der Waals surface area (Å²) >= 11 is 0. The fourth-order valence-electron chi connectivity index (χ4n) is 7.07. The third-order valence-electron chi connectivity index (χ3n) is 10.8. The van der Waals surface area contributed by atoms with Gasteiger partial charge in [-0.3, -0.25) is 9.88 Å². The third-order valence-corrected chi connectivity index (χ3v) is 11.7. The topological polar surface area (TPSA) is 34.6 Å². The van der Waals surface area contributed by atoms with Crippen molar-refractivity contribution in [2.24, 2.45) is 10.8 Å². The molecular weight excluding hydrogens is 585 g/mol. The normalized spacial score (nSPS) is 15.6. The molecule has 45 heavy (non-hydrogen) atoms. The lowest BCUT2D eigenvalue weighted by Crippen LogP contribution is -2.46. The minimum absolute atomic E-state index is 0.0182. The fraction of sp³-hybridized carbons (Fsp3) is 0.564. The van der Waals surface area contributed by atoms with Crippen LogP contribution < -0.4 is 0 Å². The Balaban J connectivity index is 1.75. The predicted octanol–water partition coefficient (Wildman–Crippen LogP) is 9.37. The minimum Gasteiger partial charge on any atom is -0.394 e. The summed E-state index contributed by atoms with van der Waals surface area (Å²) in [6.45, 7) is 21.3. The first-order valence-electron chi connectivity index (χ1n) is 17.0. The average Bonchev–Trinajstić information content (AvgIpc) is 3.03. The van der Waals surface area contributed by atoms with Gasteiger partial charge in [-0.05, 0) is 117 Å². The maximum Gasteiger partial charge on any atom is 0.229 e. The number of fused-ring (bicyclic) bond motifs is 1. The number of hydrogen-bond acceptors (Lipinski definition) is 4. The first-order valence-corrected chi connectivity index (χ1v) is 19.8. The Labute approximate surface area is 279 Å². The summed E-state index contributed by atoms with van der Waals surface area (Å²) in [4.78, 5) is 7.95. The second kappa shape index (κ2) is 15.7. The first-order chi connectivity index (χ1) is 21.5. The van der Waals surface area contributed by atoms with Gasteiger partial charge in [0, 0.05) is 29.3 Å². The zero-order chi connectivity index (χ0) is 32.8. The van der Waals surface area contributed by atoms with Crippen molar-refractivity contribution in [2.45, 2.75) is 125 Å². The van der Waals surface area contributed by atoms with Crippen molar-refractivity contribution in [3.05, 3.63) is 87.6 Å². The Morgan fingerprint density at radius 3 is 2.20 bits per heavy atom. The molecule has 0 N–H and O–H groups in total. The van der Waals surface area contributed by atoms with Crippen LogP contribution in [0.2, 0.25) is 13.1 Å². The summed E-state index contributed by atoms with van der Waals surface area (Å²) < 4.78 is 12.4. The molecule has 0 saturated carbocycles. The SMILES string of the molecule is CCc1cccc(CC)c1-c1cc(CCC(C)(C)C(C)(C)C(O[Si]C)O[Si]C)c(CN(C)C2CCCc3ccccc32)c(C)n1. The number of aromatic nitrogens is 1. The molecule has 3 aromatic rings. The lowest BCUT2D eigenvalue weighted by atomic mass is 9.64. The van der Waals surface area contributed by atoms with Crippen molar-refractivity contribution in [1.82, 2.24) is 9.88 Å². The van der Waals surface area contributed by atoms with Crippen molar-refractivity contribution in [1.29, 1.82) is 0 Å². The van der Waals surface area contributed by atoms with Crippen molar-refractivity contribution >= 4 is 19.5 Å². The fourth-order valence-corrected chi connectivity index (χ4v) is 8.28. The zero-order valence-electron chi connectivity index (χ0n) is 29.6. The summed E-state index contributed by atoms with van der Waals surface area (Å²) in [7, 11) is 3.12. The van der Waals surface area contributed by atoms with Crippen LogP contribution >= 0.6 is 0 Å². The predicted molar refractivity (Wildman–Crippen MR) is 192 cm³/mol. The second-order valence-corrected chi connectivity index (χ2v) is 15.3. The molecule has 2 aromatic carbocycles. The van der Waals surface area contributed by atoms with Crippen LogP contribution in [-0.4, -0.2) is 42.7 Å². The number of hydrogen-bond donors (Lipinski definition) is 0. The van der Waals surface area contributed by atoms with Crippen LogP contribution in [0.15, 0.2) is 48.5 Å². The molecule has 4 radical (unpaired) electrons. The molecule has 1 aliphatic carbocycles. The summed E-state index contributed by atoms with van der Waals surface area (Å²) in [6.07, 6.45) is 7.45. The molecule has 1 atom stereocenters. The number of aryl methyl sites for hydroxylation is 5. The Morgan fingerprint density at radius 2 is 1.58 bits per heavy atom. The third kappa shape index (κ3) is 7.90. The van der Waals surface area contributed by atoms with Gasteiger partial charge in [0.15, 0.2) is 0 Å². The van der Waals surface area contributed by atoms with E-state index in [-0.39, 0.29) is 17.1 Å². The molecule has 1 heterocycles. The van der Waals surface area contributed by atoms with Gasteiger partial charge in [0.2, 0.25) is 19.5 Å².